The molecule has 8 aliphatic rings. The standard InChI is InChI=1S/C46H58N2O9/c1-25(2)12-11-16-44(8)24-28-22-32(49)54-40-33(28)38(55-44)29(14-13-26(3)4)39-34(40)37(50)35-36(48-20-18-47(9)19-21-48)30-23-31-43(6,7)57-45(41(30)51,46(31,35)56-39)17-15-27(5)42(52)53-10/h12-13,15,24,30-31,35-36H,11,14,16-23H2,1-10H3/b27-15-. The zero-order chi connectivity index (χ0) is 41.0. The Labute approximate surface area is 336 Å². The molecule has 0 aromatic heterocycles. The van der Waals surface area contributed by atoms with Crippen molar-refractivity contribution in [2.24, 2.45) is 17.8 Å². The summed E-state index contributed by atoms with van der Waals surface area (Å²) in [6.45, 7) is 18.8. The van der Waals surface area contributed by atoms with Gasteiger partial charge in [0.1, 0.15) is 22.7 Å². The van der Waals surface area contributed by atoms with Gasteiger partial charge in [-0.2, -0.15) is 0 Å². The highest BCUT2D eigenvalue weighted by atomic mass is 16.6. The normalized spacial score (nSPS) is 33.5. The number of carbonyl (C=O) groups is 4. The van der Waals surface area contributed by atoms with E-state index in [-0.39, 0.29) is 41.6 Å². The molecule has 11 heteroatoms. The Balaban J connectivity index is 1.41. The van der Waals surface area contributed by atoms with Crippen molar-refractivity contribution in [3.05, 3.63) is 57.7 Å². The van der Waals surface area contributed by atoms with Crippen molar-refractivity contribution in [2.75, 3.05) is 40.3 Å². The number of nitrogens with zero attached hydrogens (tertiary/aromatic N) is 2. The zero-order valence-electron chi connectivity index (χ0n) is 35.3. The molecule has 7 unspecified atom stereocenters. The van der Waals surface area contributed by atoms with Gasteiger partial charge in [-0.05, 0) is 99.8 Å². The first-order chi connectivity index (χ1) is 26.9. The summed E-state index contributed by atoms with van der Waals surface area (Å²) < 4.78 is 33.1. The van der Waals surface area contributed by atoms with Crippen molar-refractivity contribution in [3.8, 4) is 17.2 Å². The number of rotatable bonds is 9. The first kappa shape index (κ1) is 39.8. The van der Waals surface area contributed by atoms with E-state index < -0.39 is 52.2 Å². The van der Waals surface area contributed by atoms with Crippen LogP contribution in [-0.4, -0.2) is 102 Å². The second-order valence-electron chi connectivity index (χ2n) is 18.7. The summed E-state index contributed by atoms with van der Waals surface area (Å²) in [5, 5.41) is 0. The second-order valence-corrected chi connectivity index (χ2v) is 18.7. The summed E-state index contributed by atoms with van der Waals surface area (Å²) in [5.74, 6) is -1.94. The number of hydrogen-bond donors (Lipinski definition) is 0. The smallest absolute Gasteiger partial charge is 0.333 e. The van der Waals surface area contributed by atoms with Crippen LogP contribution in [0.3, 0.4) is 0 Å². The summed E-state index contributed by atoms with van der Waals surface area (Å²) in [5.41, 5.74) is 0.301. The molecule has 5 aliphatic heterocycles. The van der Waals surface area contributed by atoms with Gasteiger partial charge in [0.25, 0.3) is 0 Å². The van der Waals surface area contributed by atoms with Crippen molar-refractivity contribution in [2.45, 2.75) is 122 Å². The van der Waals surface area contributed by atoms with Gasteiger partial charge in [0, 0.05) is 61.6 Å². The van der Waals surface area contributed by atoms with Crippen LogP contribution in [0, 0.1) is 17.8 Å². The van der Waals surface area contributed by atoms with E-state index in [9.17, 15) is 9.59 Å². The highest BCUT2D eigenvalue weighted by Gasteiger charge is 2.86. The average Bonchev–Trinajstić information content (AvgIpc) is 3.28. The van der Waals surface area contributed by atoms with E-state index >= 15 is 9.59 Å². The molecule has 1 aromatic carbocycles. The Morgan fingerprint density at radius 1 is 0.912 bits per heavy atom. The van der Waals surface area contributed by atoms with Crippen LogP contribution in [0.15, 0.2) is 41.0 Å². The monoisotopic (exact) mass is 782 g/mol. The predicted octanol–water partition coefficient (Wildman–Crippen LogP) is 6.61. The van der Waals surface area contributed by atoms with Crippen molar-refractivity contribution in [1.29, 1.82) is 0 Å². The van der Waals surface area contributed by atoms with Crippen LogP contribution in [0.5, 0.6) is 17.2 Å². The number of Topliss-reactive ketones (excluding diaryl/α,β-unsaturated/α-hetero) is 2. The molecule has 4 bridgehead atoms. The molecule has 5 heterocycles. The topological polar surface area (TPSA) is 121 Å². The van der Waals surface area contributed by atoms with E-state index in [0.29, 0.717) is 60.6 Å². The van der Waals surface area contributed by atoms with E-state index in [1.807, 2.05) is 40.7 Å². The molecule has 3 aliphatic carbocycles. The van der Waals surface area contributed by atoms with Gasteiger partial charge < -0.3 is 28.6 Å². The lowest BCUT2D eigenvalue weighted by Crippen LogP contribution is -2.82. The van der Waals surface area contributed by atoms with Gasteiger partial charge in [0.2, 0.25) is 0 Å². The van der Waals surface area contributed by atoms with Gasteiger partial charge in [0.15, 0.2) is 28.5 Å². The van der Waals surface area contributed by atoms with E-state index in [1.165, 1.54) is 12.7 Å². The fraction of sp³-hybridized carbons (Fsp3) is 0.609. The molecule has 0 N–H and O–H groups in total. The van der Waals surface area contributed by atoms with Crippen LogP contribution < -0.4 is 14.2 Å². The second kappa shape index (κ2) is 13.8. The van der Waals surface area contributed by atoms with Gasteiger partial charge in [-0.25, -0.2) is 4.79 Å². The molecule has 2 saturated heterocycles. The number of methoxy groups -OCH3 is 1. The molecular formula is C46H58N2O9. The minimum Gasteiger partial charge on any atom is -0.482 e. The minimum absolute atomic E-state index is 0.0275. The molecule has 0 radical (unpaired) electrons. The minimum atomic E-state index is -1.59. The summed E-state index contributed by atoms with van der Waals surface area (Å²) >= 11 is 0. The zero-order valence-corrected chi connectivity index (χ0v) is 35.3. The summed E-state index contributed by atoms with van der Waals surface area (Å²) in [6, 6.07) is -0.465. The Morgan fingerprint density at radius 2 is 1.60 bits per heavy atom. The lowest BCUT2D eigenvalue weighted by molar-refractivity contribution is -0.214. The lowest BCUT2D eigenvalue weighted by Gasteiger charge is -2.65. The van der Waals surface area contributed by atoms with Crippen molar-refractivity contribution in [3.63, 3.8) is 0 Å². The molecule has 57 heavy (non-hydrogen) atoms. The highest BCUT2D eigenvalue weighted by Crippen LogP contribution is 2.71. The number of piperazine rings is 1. The van der Waals surface area contributed by atoms with Crippen LogP contribution in [0.2, 0.25) is 0 Å². The van der Waals surface area contributed by atoms with Gasteiger partial charge >= 0.3 is 11.9 Å². The van der Waals surface area contributed by atoms with Crippen LogP contribution in [0.1, 0.15) is 109 Å². The Morgan fingerprint density at radius 3 is 2.26 bits per heavy atom. The molecule has 11 nitrogen and oxygen atoms in total. The number of ether oxygens (including phenoxy) is 5. The van der Waals surface area contributed by atoms with Crippen molar-refractivity contribution < 1.29 is 42.9 Å². The highest BCUT2D eigenvalue weighted by molar-refractivity contribution is 6.12. The third-order valence-electron chi connectivity index (χ3n) is 13.9. The molecule has 1 aromatic rings. The van der Waals surface area contributed by atoms with Gasteiger partial charge in [-0.3, -0.25) is 19.3 Å². The molecular weight excluding hydrogens is 725 g/mol. The number of hydrogen-bond acceptors (Lipinski definition) is 11. The van der Waals surface area contributed by atoms with Crippen molar-refractivity contribution in [1.82, 2.24) is 9.80 Å². The quantitative estimate of drug-likeness (QED) is 0.117. The van der Waals surface area contributed by atoms with Gasteiger partial charge in [0.05, 0.1) is 30.6 Å². The molecule has 3 saturated carbocycles. The fourth-order valence-electron chi connectivity index (χ4n) is 11.3. The number of fused-ring (bicyclic) bond motifs is 2. The lowest BCUT2D eigenvalue weighted by atomic mass is 9.44. The molecule has 9 rings (SSSR count). The third kappa shape index (κ3) is 5.92. The van der Waals surface area contributed by atoms with Crippen LogP contribution >= 0.6 is 0 Å². The third-order valence-corrected chi connectivity index (χ3v) is 13.9. The molecule has 0 amide bonds. The molecule has 306 valence electrons. The number of benzene rings is 1. The largest absolute Gasteiger partial charge is 0.482 e. The molecule has 1 spiro atoms. The average molecular weight is 783 g/mol. The fourth-order valence-corrected chi connectivity index (χ4v) is 11.3. The van der Waals surface area contributed by atoms with Crippen LogP contribution in [0.4, 0.5) is 0 Å². The molecule has 5 fully saturated rings. The maximum atomic E-state index is 16.1. The van der Waals surface area contributed by atoms with Crippen molar-refractivity contribution >= 4 is 29.1 Å². The van der Waals surface area contributed by atoms with Crippen LogP contribution in [0.25, 0.3) is 5.57 Å². The summed E-state index contributed by atoms with van der Waals surface area (Å²) in [7, 11) is 3.41. The molecule has 7 atom stereocenters. The number of allylic oxidation sites excluding steroid dienone is 4. The number of likely N-dealkylation sites (N-methyl/N-ethyl adjacent to an activating group) is 1. The summed E-state index contributed by atoms with van der Waals surface area (Å²) in [4.78, 5) is 62.5. The van der Waals surface area contributed by atoms with Gasteiger partial charge in [-0.15, -0.1) is 0 Å². The Bertz CT molecular complexity index is 2080. The maximum Gasteiger partial charge on any atom is 0.333 e. The van der Waals surface area contributed by atoms with Gasteiger partial charge in [-0.1, -0.05) is 29.4 Å². The maximum absolute atomic E-state index is 16.1. The number of ketones is 2. The van der Waals surface area contributed by atoms with E-state index in [2.05, 4.69) is 42.8 Å². The van der Waals surface area contributed by atoms with E-state index in [1.54, 1.807) is 13.0 Å². The first-order valence-electron chi connectivity index (χ1n) is 20.6. The van der Waals surface area contributed by atoms with Crippen LogP contribution in [-0.2, 0) is 30.3 Å². The van der Waals surface area contributed by atoms with E-state index in [0.717, 1.165) is 30.7 Å². The first-order valence-corrected chi connectivity index (χ1v) is 20.6. The number of esters is 2. The predicted molar refractivity (Wildman–Crippen MR) is 214 cm³/mol. The summed E-state index contributed by atoms with van der Waals surface area (Å²) in [6.07, 6.45) is 10.4. The SMILES string of the molecule is COC(=O)/C(C)=C\CC12OC(C)(C)C3CC(C1=O)C(N1CCN(C)CC1)C1C(=O)c4c(c(CC=C(C)C)c5c6c4OC(=O)CC6=CC(C)(CCC=C(C)C)O5)OC132. The Kier molecular flexibility index (Phi) is 9.60. The Hall–Kier alpha value is -4.06. The number of carbonyl (C=O) groups excluding carboxylic acids is 4. The van der Waals surface area contributed by atoms with E-state index in [4.69, 9.17) is 23.7 Å².